The van der Waals surface area contributed by atoms with Crippen molar-refractivity contribution in [3.63, 3.8) is 0 Å². The zero-order valence-electron chi connectivity index (χ0n) is 11.3. The van der Waals surface area contributed by atoms with Gasteiger partial charge in [0.25, 0.3) is 0 Å². The van der Waals surface area contributed by atoms with Crippen LogP contribution in [0, 0.1) is 6.92 Å². The number of rotatable bonds is 2. The Hall–Kier alpha value is -2.24. The average molecular weight is 275 g/mol. The van der Waals surface area contributed by atoms with E-state index < -0.39 is 6.09 Å². The lowest BCUT2D eigenvalue weighted by Crippen LogP contribution is -2.38. The highest BCUT2D eigenvalue weighted by Gasteiger charge is 2.25. The maximum absolute atomic E-state index is 11.0. The number of piperidine rings is 1. The quantitative estimate of drug-likeness (QED) is 0.914. The molecule has 6 heteroatoms. The summed E-state index contributed by atoms with van der Waals surface area (Å²) < 4.78 is 7.38. The van der Waals surface area contributed by atoms with Crippen molar-refractivity contribution in [2.75, 3.05) is 13.1 Å². The van der Waals surface area contributed by atoms with E-state index in [0.717, 1.165) is 30.2 Å². The van der Waals surface area contributed by atoms with E-state index in [2.05, 4.69) is 4.98 Å². The average Bonchev–Trinajstić information content (AvgIpc) is 3.07. The van der Waals surface area contributed by atoms with Crippen molar-refractivity contribution in [2.45, 2.75) is 25.7 Å². The first-order valence-electron chi connectivity index (χ1n) is 6.72. The number of likely N-dealkylation sites (tertiary alicyclic amines) is 1. The SMILES string of the molecule is Cc1ccc(-n2cnc([C@H]3CCCN(C(=O)O)C3)c2)o1. The van der Waals surface area contributed by atoms with Gasteiger partial charge in [0.1, 0.15) is 12.1 Å². The first-order chi connectivity index (χ1) is 9.63. The first kappa shape index (κ1) is 12.8. The predicted molar refractivity (Wildman–Crippen MR) is 72.1 cm³/mol. The van der Waals surface area contributed by atoms with E-state index in [9.17, 15) is 4.79 Å². The van der Waals surface area contributed by atoms with E-state index in [1.54, 1.807) is 6.33 Å². The van der Waals surface area contributed by atoms with Crippen molar-refractivity contribution < 1.29 is 14.3 Å². The normalized spacial score (nSPS) is 19.2. The highest BCUT2D eigenvalue weighted by Crippen LogP contribution is 2.26. The standard InChI is InChI=1S/C14H17N3O3/c1-10-4-5-13(20-10)17-8-12(15-9-17)11-3-2-6-16(7-11)14(18)19/h4-5,8-9,11H,2-3,6-7H2,1H3,(H,18,19)/t11-/m0/s1. The van der Waals surface area contributed by atoms with Gasteiger partial charge < -0.3 is 14.4 Å². The lowest BCUT2D eigenvalue weighted by Gasteiger charge is -2.29. The number of hydrogen-bond acceptors (Lipinski definition) is 3. The fourth-order valence-corrected chi connectivity index (χ4v) is 2.62. The molecule has 2 aromatic rings. The van der Waals surface area contributed by atoms with E-state index in [-0.39, 0.29) is 5.92 Å². The Morgan fingerprint density at radius 2 is 2.35 bits per heavy atom. The molecule has 0 unspecified atom stereocenters. The molecule has 0 aliphatic carbocycles. The van der Waals surface area contributed by atoms with Crippen LogP contribution in [-0.2, 0) is 0 Å². The van der Waals surface area contributed by atoms with Crippen molar-refractivity contribution in [1.29, 1.82) is 0 Å². The van der Waals surface area contributed by atoms with Crippen molar-refractivity contribution >= 4 is 6.09 Å². The molecule has 6 nitrogen and oxygen atoms in total. The van der Waals surface area contributed by atoms with E-state index in [1.165, 1.54) is 4.90 Å². The Morgan fingerprint density at radius 1 is 1.50 bits per heavy atom. The third kappa shape index (κ3) is 2.41. The van der Waals surface area contributed by atoms with Gasteiger partial charge in [-0.3, -0.25) is 4.57 Å². The maximum Gasteiger partial charge on any atom is 0.407 e. The van der Waals surface area contributed by atoms with Crippen molar-refractivity contribution in [3.8, 4) is 5.88 Å². The zero-order valence-corrected chi connectivity index (χ0v) is 11.3. The number of imidazole rings is 1. The Kier molecular flexibility index (Phi) is 3.22. The molecule has 2 aromatic heterocycles. The van der Waals surface area contributed by atoms with Crippen LogP contribution in [0.2, 0.25) is 0 Å². The van der Waals surface area contributed by atoms with Gasteiger partial charge in [0, 0.05) is 31.3 Å². The van der Waals surface area contributed by atoms with Gasteiger partial charge in [-0.25, -0.2) is 9.78 Å². The fourth-order valence-electron chi connectivity index (χ4n) is 2.62. The molecule has 3 heterocycles. The van der Waals surface area contributed by atoms with E-state index in [1.807, 2.05) is 29.8 Å². The molecule has 1 aliphatic heterocycles. The molecule has 0 aromatic carbocycles. The molecule has 0 radical (unpaired) electrons. The molecule has 1 atom stereocenters. The Balaban J connectivity index is 1.78. The van der Waals surface area contributed by atoms with Gasteiger partial charge in [-0.05, 0) is 25.8 Å². The molecule has 1 fully saturated rings. The third-order valence-electron chi connectivity index (χ3n) is 3.69. The third-order valence-corrected chi connectivity index (χ3v) is 3.69. The summed E-state index contributed by atoms with van der Waals surface area (Å²) >= 11 is 0. The molecule has 106 valence electrons. The van der Waals surface area contributed by atoms with Crippen LogP contribution in [0.15, 0.2) is 29.1 Å². The van der Waals surface area contributed by atoms with Crippen LogP contribution in [0.4, 0.5) is 4.79 Å². The Bertz CT molecular complexity index is 617. The van der Waals surface area contributed by atoms with E-state index in [4.69, 9.17) is 9.52 Å². The summed E-state index contributed by atoms with van der Waals surface area (Å²) in [7, 11) is 0. The first-order valence-corrected chi connectivity index (χ1v) is 6.72. The lowest BCUT2D eigenvalue weighted by molar-refractivity contribution is 0.130. The molecule has 20 heavy (non-hydrogen) atoms. The van der Waals surface area contributed by atoms with Gasteiger partial charge in [0.15, 0.2) is 0 Å². The molecule has 0 saturated carbocycles. The van der Waals surface area contributed by atoms with Gasteiger partial charge in [-0.1, -0.05) is 0 Å². The molecule has 3 rings (SSSR count). The van der Waals surface area contributed by atoms with E-state index in [0.29, 0.717) is 13.1 Å². The molecule has 1 amide bonds. The smallest absolute Gasteiger partial charge is 0.407 e. The summed E-state index contributed by atoms with van der Waals surface area (Å²) in [6.07, 6.45) is 4.64. The summed E-state index contributed by atoms with van der Waals surface area (Å²) in [6, 6.07) is 3.80. The molecule has 1 saturated heterocycles. The number of nitrogens with zero attached hydrogens (tertiary/aromatic N) is 3. The summed E-state index contributed by atoms with van der Waals surface area (Å²) in [6.45, 7) is 3.03. The summed E-state index contributed by atoms with van der Waals surface area (Å²) in [5.41, 5.74) is 0.921. The monoisotopic (exact) mass is 275 g/mol. The zero-order chi connectivity index (χ0) is 14.1. The number of aryl methyl sites for hydroxylation is 1. The number of aromatic nitrogens is 2. The van der Waals surface area contributed by atoms with Crippen LogP contribution in [-0.4, -0.2) is 38.7 Å². The van der Waals surface area contributed by atoms with Gasteiger partial charge >= 0.3 is 6.09 Å². The second-order valence-corrected chi connectivity index (χ2v) is 5.16. The minimum atomic E-state index is -0.851. The van der Waals surface area contributed by atoms with E-state index >= 15 is 0 Å². The van der Waals surface area contributed by atoms with Crippen LogP contribution in [0.3, 0.4) is 0 Å². The van der Waals surface area contributed by atoms with Crippen molar-refractivity contribution in [1.82, 2.24) is 14.5 Å². The summed E-state index contributed by atoms with van der Waals surface area (Å²) in [4.78, 5) is 16.9. The van der Waals surface area contributed by atoms with Gasteiger partial charge in [0.05, 0.1) is 5.69 Å². The van der Waals surface area contributed by atoms with Crippen LogP contribution < -0.4 is 0 Å². The van der Waals surface area contributed by atoms with Crippen LogP contribution in [0.5, 0.6) is 0 Å². The second-order valence-electron chi connectivity index (χ2n) is 5.16. The number of carbonyl (C=O) groups is 1. The number of furan rings is 1. The van der Waals surface area contributed by atoms with Crippen LogP contribution in [0.25, 0.3) is 5.88 Å². The van der Waals surface area contributed by atoms with Gasteiger partial charge in [-0.2, -0.15) is 0 Å². The highest BCUT2D eigenvalue weighted by atomic mass is 16.4. The summed E-state index contributed by atoms with van der Waals surface area (Å²) in [5.74, 6) is 1.74. The Labute approximate surface area is 116 Å². The second kappa shape index (κ2) is 5.03. The summed E-state index contributed by atoms with van der Waals surface area (Å²) in [5, 5.41) is 9.07. The number of hydrogen-bond donors (Lipinski definition) is 1. The van der Waals surface area contributed by atoms with Crippen molar-refractivity contribution in [2.24, 2.45) is 0 Å². The maximum atomic E-state index is 11.0. The topological polar surface area (TPSA) is 71.5 Å². The van der Waals surface area contributed by atoms with Gasteiger partial charge in [-0.15, -0.1) is 0 Å². The minimum Gasteiger partial charge on any atom is -0.465 e. The molecule has 0 bridgehead atoms. The van der Waals surface area contributed by atoms with Crippen LogP contribution in [0.1, 0.15) is 30.2 Å². The fraction of sp³-hybridized carbons (Fsp3) is 0.429. The van der Waals surface area contributed by atoms with Crippen LogP contribution >= 0.6 is 0 Å². The molecule has 0 spiro atoms. The highest BCUT2D eigenvalue weighted by molar-refractivity contribution is 5.65. The Morgan fingerprint density at radius 3 is 3.05 bits per heavy atom. The minimum absolute atomic E-state index is 0.164. The lowest BCUT2D eigenvalue weighted by atomic mass is 9.95. The van der Waals surface area contributed by atoms with Crippen molar-refractivity contribution in [3.05, 3.63) is 36.1 Å². The number of carboxylic acid groups (broad SMARTS) is 1. The predicted octanol–water partition coefficient (Wildman–Crippen LogP) is 2.63. The molecule has 1 aliphatic rings. The molecule has 1 N–H and O–H groups in total. The van der Waals surface area contributed by atoms with Gasteiger partial charge in [0.2, 0.25) is 5.88 Å². The largest absolute Gasteiger partial charge is 0.465 e. The molecular weight excluding hydrogens is 258 g/mol. The molecular formula is C14H17N3O3. The number of amides is 1.